The molecule has 0 saturated heterocycles. The van der Waals surface area contributed by atoms with Crippen LogP contribution in [0.4, 0.5) is 0 Å². The summed E-state index contributed by atoms with van der Waals surface area (Å²) in [4.78, 5) is 11.4. The van der Waals surface area contributed by atoms with Crippen LogP contribution < -0.4 is 0 Å². The third-order valence-corrected chi connectivity index (χ3v) is 2.57. The number of carbonyl (C=O) groups excluding carboxylic acids is 1. The van der Waals surface area contributed by atoms with Crippen molar-refractivity contribution in [1.29, 1.82) is 0 Å². The van der Waals surface area contributed by atoms with Crippen molar-refractivity contribution < 1.29 is 9.90 Å². The monoisotopic (exact) mass is 220 g/mol. The molecule has 2 nitrogen and oxygen atoms in total. The second kappa shape index (κ2) is 3.91. The van der Waals surface area contributed by atoms with Crippen molar-refractivity contribution in [3.63, 3.8) is 0 Å². The maximum Gasteiger partial charge on any atom is 0.181 e. The zero-order valence-corrected chi connectivity index (χ0v) is 8.66. The maximum absolute atomic E-state index is 11.4. The van der Waals surface area contributed by atoms with Crippen molar-refractivity contribution in [1.82, 2.24) is 0 Å². The second-order valence-corrected chi connectivity index (χ2v) is 3.51. The van der Waals surface area contributed by atoms with Gasteiger partial charge in [-0.25, -0.2) is 0 Å². The molecule has 0 fully saturated rings. The minimum Gasteiger partial charge on any atom is -0.507 e. The maximum atomic E-state index is 11.4. The Hall–Kier alpha value is -1.54. The fraction of sp³-hybridized carbons (Fsp3) is 0.0833. The molecule has 0 aliphatic rings. The summed E-state index contributed by atoms with van der Waals surface area (Å²) in [7, 11) is 0. The highest BCUT2D eigenvalue weighted by Crippen LogP contribution is 2.28. The van der Waals surface area contributed by atoms with Crippen LogP contribution in [0.1, 0.15) is 10.4 Å². The van der Waals surface area contributed by atoms with Crippen molar-refractivity contribution in [2.24, 2.45) is 0 Å². The number of hydrogen-bond donors (Lipinski definition) is 1. The normalized spacial score (nSPS) is 10.5. The molecule has 0 spiro atoms. The van der Waals surface area contributed by atoms with Gasteiger partial charge in [-0.15, -0.1) is 11.6 Å². The molecular weight excluding hydrogens is 212 g/mol. The van der Waals surface area contributed by atoms with E-state index < -0.39 is 0 Å². The first-order chi connectivity index (χ1) is 7.24. The van der Waals surface area contributed by atoms with Gasteiger partial charge in [0.1, 0.15) is 5.75 Å². The number of Topliss-reactive ketones (excluding diaryl/α,β-unsaturated/α-hetero) is 1. The summed E-state index contributed by atoms with van der Waals surface area (Å²) in [6.45, 7) is 0. The topological polar surface area (TPSA) is 37.3 Å². The van der Waals surface area contributed by atoms with Crippen LogP contribution in [0.3, 0.4) is 0 Å². The highest BCUT2D eigenvalue weighted by atomic mass is 35.5. The minimum absolute atomic E-state index is 0.0127. The van der Waals surface area contributed by atoms with Gasteiger partial charge < -0.3 is 5.11 Å². The van der Waals surface area contributed by atoms with Gasteiger partial charge in [-0.2, -0.15) is 0 Å². The van der Waals surface area contributed by atoms with Gasteiger partial charge >= 0.3 is 0 Å². The van der Waals surface area contributed by atoms with Crippen LogP contribution in [0.25, 0.3) is 10.8 Å². The lowest BCUT2D eigenvalue weighted by Crippen LogP contribution is -2.00. The number of aromatic hydroxyl groups is 1. The van der Waals surface area contributed by atoms with E-state index in [-0.39, 0.29) is 23.0 Å². The Labute approximate surface area is 92.1 Å². The largest absolute Gasteiger partial charge is 0.507 e. The van der Waals surface area contributed by atoms with Gasteiger partial charge in [-0.3, -0.25) is 4.79 Å². The number of benzene rings is 2. The molecule has 0 aliphatic carbocycles. The van der Waals surface area contributed by atoms with Crippen molar-refractivity contribution in [3.8, 4) is 5.75 Å². The lowest BCUT2D eigenvalue weighted by atomic mass is 10.0. The van der Waals surface area contributed by atoms with E-state index in [0.29, 0.717) is 5.39 Å². The minimum atomic E-state index is -0.264. The number of hydrogen-bond acceptors (Lipinski definition) is 2. The predicted octanol–water partition coefficient (Wildman–Crippen LogP) is 2.97. The van der Waals surface area contributed by atoms with Crippen LogP contribution in [0.15, 0.2) is 36.4 Å². The van der Waals surface area contributed by atoms with Crippen molar-refractivity contribution in [2.45, 2.75) is 0 Å². The number of phenols is 1. The summed E-state index contributed by atoms with van der Waals surface area (Å²) in [6, 6.07) is 10.7. The molecule has 76 valence electrons. The number of ketones is 1. The van der Waals surface area contributed by atoms with E-state index in [9.17, 15) is 9.90 Å². The number of halogens is 1. The highest BCUT2D eigenvalue weighted by Gasteiger charge is 2.11. The van der Waals surface area contributed by atoms with Crippen molar-refractivity contribution >= 4 is 28.2 Å². The molecule has 0 radical (unpaired) electrons. The summed E-state index contributed by atoms with van der Waals surface area (Å²) < 4.78 is 0. The summed E-state index contributed by atoms with van der Waals surface area (Å²) in [5.74, 6) is -0.370. The van der Waals surface area contributed by atoms with E-state index in [1.165, 1.54) is 0 Å². The molecule has 0 amide bonds. The fourth-order valence-electron chi connectivity index (χ4n) is 1.55. The third-order valence-electron chi connectivity index (χ3n) is 2.32. The first kappa shape index (κ1) is 9.99. The first-order valence-corrected chi connectivity index (χ1v) is 5.07. The van der Waals surface area contributed by atoms with Gasteiger partial charge in [0.15, 0.2) is 5.78 Å². The molecule has 0 aromatic heterocycles. The smallest absolute Gasteiger partial charge is 0.181 e. The van der Waals surface area contributed by atoms with Crippen molar-refractivity contribution in [2.75, 3.05) is 5.88 Å². The molecule has 2 aromatic rings. The third kappa shape index (κ3) is 1.68. The van der Waals surface area contributed by atoms with E-state index >= 15 is 0 Å². The van der Waals surface area contributed by atoms with Crippen LogP contribution in [0.2, 0.25) is 0 Å². The lowest BCUT2D eigenvalue weighted by Gasteiger charge is -2.05. The molecule has 15 heavy (non-hydrogen) atoms. The SMILES string of the molecule is O=C(CCl)c1ccc2ccccc2c1O. The van der Waals surface area contributed by atoms with Gasteiger partial charge in [0, 0.05) is 5.39 Å². The number of phenolic OH excluding ortho intramolecular Hbond substituents is 1. The molecule has 2 aromatic carbocycles. The van der Waals surface area contributed by atoms with Crippen LogP contribution >= 0.6 is 11.6 Å². The van der Waals surface area contributed by atoms with Crippen LogP contribution in [0, 0.1) is 0 Å². The van der Waals surface area contributed by atoms with Gasteiger partial charge in [0.25, 0.3) is 0 Å². The van der Waals surface area contributed by atoms with Gasteiger partial charge in [0.05, 0.1) is 11.4 Å². The average molecular weight is 221 g/mol. The zero-order valence-electron chi connectivity index (χ0n) is 7.90. The standard InChI is InChI=1S/C12H9ClO2/c13-7-11(14)10-6-5-8-3-1-2-4-9(8)12(10)15/h1-6,15H,7H2. The fourth-order valence-corrected chi connectivity index (χ4v) is 1.70. The Balaban J connectivity index is 2.70. The summed E-state index contributed by atoms with van der Waals surface area (Å²) in [5.41, 5.74) is 0.281. The molecule has 1 N–H and O–H groups in total. The molecule has 3 heteroatoms. The van der Waals surface area contributed by atoms with Gasteiger partial charge in [0.2, 0.25) is 0 Å². The van der Waals surface area contributed by atoms with E-state index in [0.717, 1.165) is 5.39 Å². The molecule has 0 saturated carbocycles. The molecular formula is C12H9ClO2. The molecule has 0 atom stereocenters. The van der Waals surface area contributed by atoms with Gasteiger partial charge in [-0.05, 0) is 11.5 Å². The molecule has 0 heterocycles. The highest BCUT2D eigenvalue weighted by molar-refractivity contribution is 6.31. The zero-order chi connectivity index (χ0) is 10.8. The van der Waals surface area contributed by atoms with E-state index in [1.54, 1.807) is 18.2 Å². The van der Waals surface area contributed by atoms with Crippen molar-refractivity contribution in [3.05, 3.63) is 42.0 Å². The van der Waals surface area contributed by atoms with E-state index in [1.807, 2.05) is 18.2 Å². The Kier molecular flexibility index (Phi) is 2.60. The number of carbonyl (C=O) groups is 1. The summed E-state index contributed by atoms with van der Waals surface area (Å²) in [6.07, 6.45) is 0. The predicted molar refractivity (Wildman–Crippen MR) is 60.7 cm³/mol. The number of rotatable bonds is 2. The van der Waals surface area contributed by atoms with E-state index in [4.69, 9.17) is 11.6 Å². The number of alkyl halides is 1. The Morgan fingerprint density at radius 1 is 1.20 bits per heavy atom. The first-order valence-electron chi connectivity index (χ1n) is 4.54. The Morgan fingerprint density at radius 3 is 2.67 bits per heavy atom. The van der Waals surface area contributed by atoms with Crippen LogP contribution in [0.5, 0.6) is 5.75 Å². The number of fused-ring (bicyclic) bond motifs is 1. The Morgan fingerprint density at radius 2 is 1.93 bits per heavy atom. The summed E-state index contributed by atoms with van der Waals surface area (Å²) >= 11 is 5.45. The summed E-state index contributed by atoms with van der Waals surface area (Å²) in [5, 5.41) is 11.4. The van der Waals surface area contributed by atoms with Gasteiger partial charge in [-0.1, -0.05) is 30.3 Å². The molecule has 0 unspecified atom stereocenters. The average Bonchev–Trinajstić information content (AvgIpc) is 2.29. The molecule has 2 rings (SSSR count). The second-order valence-electron chi connectivity index (χ2n) is 3.24. The molecule has 0 bridgehead atoms. The lowest BCUT2D eigenvalue weighted by molar-refractivity contribution is 0.101. The van der Waals surface area contributed by atoms with E-state index in [2.05, 4.69) is 0 Å². The Bertz CT molecular complexity index is 520. The molecule has 0 aliphatic heterocycles. The van der Waals surface area contributed by atoms with Crippen LogP contribution in [-0.2, 0) is 0 Å². The van der Waals surface area contributed by atoms with Crippen LogP contribution in [-0.4, -0.2) is 16.8 Å². The quantitative estimate of drug-likeness (QED) is 0.624.